The molecule has 2 N–H and O–H groups in total. The Balaban J connectivity index is 4.68. The molecule has 3 nitrogen and oxygen atoms in total. The maximum Gasteiger partial charge on any atom is 0.102 e. The lowest BCUT2D eigenvalue weighted by Crippen LogP contribution is -2.05. The van der Waals surface area contributed by atoms with Crippen molar-refractivity contribution in [2.45, 2.75) is 40.5 Å². The molecular formula is C14H26O3. The van der Waals surface area contributed by atoms with Gasteiger partial charge in [-0.3, -0.25) is 0 Å². The molecule has 0 aromatic rings. The molecule has 0 saturated carbocycles. The second-order valence-electron chi connectivity index (χ2n) is 4.65. The monoisotopic (exact) mass is 242 g/mol. The van der Waals surface area contributed by atoms with Gasteiger partial charge in [0, 0.05) is 25.0 Å². The Kier molecular flexibility index (Phi) is 8.82. The maximum absolute atomic E-state index is 8.83. The largest absolute Gasteiger partial charge is 0.466 e. The van der Waals surface area contributed by atoms with E-state index in [1.165, 1.54) is 0 Å². The Bertz CT molecular complexity index is 226. The molecule has 17 heavy (non-hydrogen) atoms. The van der Waals surface area contributed by atoms with Crippen molar-refractivity contribution in [3.63, 3.8) is 0 Å². The van der Waals surface area contributed by atoms with Crippen LogP contribution in [0.25, 0.3) is 0 Å². The van der Waals surface area contributed by atoms with Gasteiger partial charge in [0.05, 0.1) is 0 Å². The van der Waals surface area contributed by atoms with Crippen LogP contribution >= 0.6 is 0 Å². The summed E-state index contributed by atoms with van der Waals surface area (Å²) in [6, 6.07) is 0. The van der Waals surface area contributed by atoms with Gasteiger partial charge in [-0.1, -0.05) is 27.7 Å². The number of aliphatic hydroxyl groups excluding tert-OH is 2. The number of rotatable bonds is 8. The number of hydrogen-bond donors (Lipinski definition) is 2. The summed E-state index contributed by atoms with van der Waals surface area (Å²) in [7, 11) is 0. The second kappa shape index (κ2) is 9.25. The molecule has 0 aliphatic rings. The quantitative estimate of drug-likeness (QED) is 0.643. The summed E-state index contributed by atoms with van der Waals surface area (Å²) in [6.45, 7) is 8.52. The summed E-state index contributed by atoms with van der Waals surface area (Å²) in [5, 5.41) is 17.7. The van der Waals surface area contributed by atoms with Gasteiger partial charge in [-0.15, -0.1) is 0 Å². The molecule has 0 aliphatic carbocycles. The summed E-state index contributed by atoms with van der Waals surface area (Å²) < 4.78 is 5.88. The standard InChI is InChI=1S/C14H26O3/c1-11(2)13(7-5-9-15)17-14(12(3)4)8-6-10-16/h7-8,11-12,15-16H,5-6,9-10H2,1-4H3. The number of allylic oxidation sites excluding steroid dienone is 2. The van der Waals surface area contributed by atoms with Gasteiger partial charge in [-0.25, -0.2) is 0 Å². The molecular weight excluding hydrogens is 216 g/mol. The fraction of sp³-hybridized carbons (Fsp3) is 0.714. The Morgan fingerprint density at radius 1 is 0.882 bits per heavy atom. The first-order chi connectivity index (χ1) is 8.02. The Morgan fingerprint density at radius 3 is 1.47 bits per heavy atom. The predicted octanol–water partition coefficient (Wildman–Crippen LogP) is 2.85. The highest BCUT2D eigenvalue weighted by Crippen LogP contribution is 2.21. The van der Waals surface area contributed by atoms with Crippen LogP contribution in [0.1, 0.15) is 40.5 Å². The first-order valence-corrected chi connectivity index (χ1v) is 6.32. The molecule has 0 amide bonds. The number of ether oxygens (including phenoxy) is 1. The molecule has 100 valence electrons. The zero-order valence-electron chi connectivity index (χ0n) is 11.4. The Morgan fingerprint density at radius 2 is 1.24 bits per heavy atom. The molecule has 0 aliphatic heterocycles. The minimum atomic E-state index is 0.136. The molecule has 0 heterocycles. The molecule has 0 spiro atoms. The van der Waals surface area contributed by atoms with Crippen molar-refractivity contribution in [3.8, 4) is 0 Å². The lowest BCUT2D eigenvalue weighted by molar-refractivity contribution is 0.226. The fourth-order valence-corrected chi connectivity index (χ4v) is 1.34. The van der Waals surface area contributed by atoms with E-state index in [1.54, 1.807) is 0 Å². The summed E-state index contributed by atoms with van der Waals surface area (Å²) in [4.78, 5) is 0. The average Bonchev–Trinajstić information content (AvgIpc) is 2.27. The fourth-order valence-electron chi connectivity index (χ4n) is 1.34. The lowest BCUT2D eigenvalue weighted by atomic mass is 10.1. The number of aliphatic hydroxyl groups is 2. The molecule has 0 aromatic carbocycles. The Labute approximate surface area is 105 Å². The molecule has 0 rings (SSSR count). The van der Waals surface area contributed by atoms with Crippen molar-refractivity contribution in [2.24, 2.45) is 11.8 Å². The summed E-state index contributed by atoms with van der Waals surface area (Å²) >= 11 is 0. The van der Waals surface area contributed by atoms with Gasteiger partial charge in [-0.2, -0.15) is 0 Å². The van der Waals surface area contributed by atoms with E-state index in [0.717, 1.165) is 11.5 Å². The van der Waals surface area contributed by atoms with Crippen LogP contribution in [-0.4, -0.2) is 23.4 Å². The van der Waals surface area contributed by atoms with Crippen LogP contribution in [0.4, 0.5) is 0 Å². The molecule has 0 radical (unpaired) electrons. The van der Waals surface area contributed by atoms with E-state index >= 15 is 0 Å². The molecule has 0 saturated heterocycles. The smallest absolute Gasteiger partial charge is 0.102 e. The maximum atomic E-state index is 8.83. The van der Waals surface area contributed by atoms with E-state index in [9.17, 15) is 0 Å². The van der Waals surface area contributed by atoms with Crippen LogP contribution in [0, 0.1) is 11.8 Å². The molecule has 0 atom stereocenters. The SMILES string of the molecule is CC(C)C(=CCCO)OC(=CCCO)C(C)C. The third-order valence-corrected chi connectivity index (χ3v) is 2.32. The van der Waals surface area contributed by atoms with Crippen LogP contribution in [0.5, 0.6) is 0 Å². The van der Waals surface area contributed by atoms with E-state index < -0.39 is 0 Å². The Hall–Kier alpha value is -0.800. The third-order valence-electron chi connectivity index (χ3n) is 2.32. The zero-order valence-corrected chi connectivity index (χ0v) is 11.4. The van der Waals surface area contributed by atoms with Crippen molar-refractivity contribution >= 4 is 0 Å². The van der Waals surface area contributed by atoms with Crippen LogP contribution in [0.2, 0.25) is 0 Å². The van der Waals surface area contributed by atoms with Crippen LogP contribution < -0.4 is 0 Å². The minimum absolute atomic E-state index is 0.136. The van der Waals surface area contributed by atoms with Crippen molar-refractivity contribution in [1.29, 1.82) is 0 Å². The second-order valence-corrected chi connectivity index (χ2v) is 4.65. The van der Waals surface area contributed by atoms with Crippen LogP contribution in [0.15, 0.2) is 23.7 Å². The van der Waals surface area contributed by atoms with Gasteiger partial charge in [0.25, 0.3) is 0 Å². The van der Waals surface area contributed by atoms with Gasteiger partial charge in [0.2, 0.25) is 0 Å². The summed E-state index contributed by atoms with van der Waals surface area (Å²) in [5.74, 6) is 2.35. The van der Waals surface area contributed by atoms with E-state index in [0.29, 0.717) is 12.8 Å². The highest BCUT2D eigenvalue weighted by Gasteiger charge is 2.10. The molecule has 0 aromatic heterocycles. The van der Waals surface area contributed by atoms with Crippen molar-refractivity contribution in [1.82, 2.24) is 0 Å². The third kappa shape index (κ3) is 7.18. The zero-order chi connectivity index (χ0) is 13.3. The normalized spacial score (nSPS) is 13.6. The minimum Gasteiger partial charge on any atom is -0.466 e. The lowest BCUT2D eigenvalue weighted by Gasteiger charge is -2.19. The van der Waals surface area contributed by atoms with E-state index in [4.69, 9.17) is 14.9 Å². The van der Waals surface area contributed by atoms with Crippen molar-refractivity contribution in [3.05, 3.63) is 23.7 Å². The molecule has 3 heteroatoms. The van der Waals surface area contributed by atoms with Gasteiger partial charge in [0.1, 0.15) is 11.5 Å². The van der Waals surface area contributed by atoms with E-state index in [2.05, 4.69) is 27.7 Å². The van der Waals surface area contributed by atoms with Crippen molar-refractivity contribution in [2.75, 3.05) is 13.2 Å². The van der Waals surface area contributed by atoms with Gasteiger partial charge in [-0.05, 0) is 25.0 Å². The summed E-state index contributed by atoms with van der Waals surface area (Å²) in [6.07, 6.45) is 5.08. The van der Waals surface area contributed by atoms with Gasteiger partial charge in [0.15, 0.2) is 0 Å². The van der Waals surface area contributed by atoms with E-state index in [-0.39, 0.29) is 25.0 Å². The predicted molar refractivity (Wildman–Crippen MR) is 70.3 cm³/mol. The molecule has 0 fully saturated rings. The van der Waals surface area contributed by atoms with Gasteiger partial charge >= 0.3 is 0 Å². The average molecular weight is 242 g/mol. The van der Waals surface area contributed by atoms with E-state index in [1.807, 2.05) is 12.2 Å². The first-order valence-electron chi connectivity index (χ1n) is 6.32. The highest BCUT2D eigenvalue weighted by atomic mass is 16.5. The topological polar surface area (TPSA) is 49.7 Å². The van der Waals surface area contributed by atoms with Crippen molar-refractivity contribution < 1.29 is 14.9 Å². The highest BCUT2D eigenvalue weighted by molar-refractivity contribution is 5.05. The molecule has 0 unspecified atom stereocenters. The number of hydrogen-bond acceptors (Lipinski definition) is 3. The molecule has 0 bridgehead atoms. The first kappa shape index (κ1) is 16.2. The van der Waals surface area contributed by atoms with Crippen LogP contribution in [-0.2, 0) is 4.74 Å². The summed E-state index contributed by atoms with van der Waals surface area (Å²) in [5.41, 5.74) is 0. The van der Waals surface area contributed by atoms with Crippen LogP contribution in [0.3, 0.4) is 0 Å². The van der Waals surface area contributed by atoms with Gasteiger partial charge < -0.3 is 14.9 Å².